The summed E-state index contributed by atoms with van der Waals surface area (Å²) in [5, 5.41) is 129. The van der Waals surface area contributed by atoms with Crippen LogP contribution in [0.25, 0.3) is 0 Å². The molecule has 0 aromatic carbocycles. The van der Waals surface area contributed by atoms with Crippen LogP contribution < -0.4 is 0 Å². The van der Waals surface area contributed by atoms with Crippen LogP contribution in [0.1, 0.15) is 85.5 Å². The van der Waals surface area contributed by atoms with Crippen molar-refractivity contribution in [2.24, 2.45) is 52.3 Å². The van der Waals surface area contributed by atoms with E-state index in [0.717, 1.165) is 38.5 Å². The van der Waals surface area contributed by atoms with Gasteiger partial charge in [0, 0.05) is 30.1 Å². The average Bonchev–Trinajstić information content (AvgIpc) is 3.83. The summed E-state index contributed by atoms with van der Waals surface area (Å²) in [5.41, 5.74) is -0.628. The maximum absolute atomic E-state index is 14.7. The second kappa shape index (κ2) is 21.1. The number of hydrogen-bond acceptors (Lipinski definition) is 23. The van der Waals surface area contributed by atoms with E-state index in [4.69, 9.17) is 47.4 Å². The van der Waals surface area contributed by atoms with Gasteiger partial charge in [0.15, 0.2) is 30.9 Å². The van der Waals surface area contributed by atoms with Gasteiger partial charge in [0.25, 0.3) is 0 Å². The Bertz CT molecular complexity index is 1910. The predicted molar refractivity (Wildman–Crippen MR) is 243 cm³/mol. The van der Waals surface area contributed by atoms with Crippen molar-refractivity contribution in [3.05, 3.63) is 0 Å². The first-order chi connectivity index (χ1) is 34.7. The van der Waals surface area contributed by atoms with Crippen molar-refractivity contribution in [2.45, 2.75) is 220 Å². The van der Waals surface area contributed by atoms with Gasteiger partial charge in [-0.1, -0.05) is 27.7 Å². The molecule has 12 N–H and O–H groups in total. The summed E-state index contributed by atoms with van der Waals surface area (Å²) in [4.78, 5) is 14.7. The highest BCUT2D eigenvalue weighted by atomic mass is 16.8. The molecule has 10 fully saturated rings. The molecule has 6 aliphatic heterocycles. The molecule has 6 saturated heterocycles. The molecule has 0 radical (unpaired) electrons. The Balaban J connectivity index is 0.820. The highest BCUT2D eigenvalue weighted by molar-refractivity contribution is 5.87. The predicted octanol–water partition coefficient (Wildman–Crippen LogP) is -3.09. The molecule has 0 aromatic heterocycles. The van der Waals surface area contributed by atoms with E-state index < -0.39 is 160 Å². The molecule has 0 aromatic rings. The van der Waals surface area contributed by atoms with Crippen molar-refractivity contribution in [3.8, 4) is 0 Å². The van der Waals surface area contributed by atoms with E-state index in [1.165, 1.54) is 0 Å². The molecule has 1 spiro atoms. The zero-order valence-corrected chi connectivity index (χ0v) is 41.9. The molecule has 23 heteroatoms. The number of hydrogen-bond donors (Lipinski definition) is 12. The van der Waals surface area contributed by atoms with Crippen LogP contribution in [0.4, 0.5) is 0 Å². The normalized spacial score (nSPS) is 57.2. The van der Waals surface area contributed by atoms with Crippen LogP contribution in [-0.4, -0.2) is 235 Å². The Morgan fingerprint density at radius 1 is 0.589 bits per heavy atom. The summed E-state index contributed by atoms with van der Waals surface area (Å²) in [5.74, 6) is 1.40. The Kier molecular flexibility index (Phi) is 15.9. The van der Waals surface area contributed by atoms with Crippen LogP contribution in [0.3, 0.4) is 0 Å². The zero-order chi connectivity index (χ0) is 52.2. The van der Waals surface area contributed by atoms with Gasteiger partial charge in [-0.15, -0.1) is 0 Å². The number of ketones is 1. The van der Waals surface area contributed by atoms with Gasteiger partial charge in [-0.05, 0) is 80.0 Å². The largest absolute Gasteiger partial charge is 0.394 e. The molecular formula is C50H80O23. The summed E-state index contributed by atoms with van der Waals surface area (Å²) in [7, 11) is 0. The third-order valence-electron chi connectivity index (χ3n) is 19.9. The second-order valence-corrected chi connectivity index (χ2v) is 23.7. The molecule has 0 bridgehead atoms. The van der Waals surface area contributed by atoms with Gasteiger partial charge in [0.2, 0.25) is 0 Å². The maximum Gasteiger partial charge on any atom is 0.187 e. The van der Waals surface area contributed by atoms with Crippen molar-refractivity contribution in [1.82, 2.24) is 0 Å². The third kappa shape index (κ3) is 9.30. The van der Waals surface area contributed by atoms with Gasteiger partial charge in [-0.3, -0.25) is 4.79 Å². The lowest BCUT2D eigenvalue weighted by molar-refractivity contribution is -0.404. The quantitative estimate of drug-likeness (QED) is 0.0913. The van der Waals surface area contributed by atoms with Crippen LogP contribution in [0.5, 0.6) is 0 Å². The van der Waals surface area contributed by atoms with Crippen molar-refractivity contribution in [1.29, 1.82) is 0 Å². The lowest BCUT2D eigenvalue weighted by Gasteiger charge is -2.60. The molecule has 10 rings (SSSR count). The SMILES string of the molecule is CC1C2C(C[C@H]3[C@@H]4CC[C@H]5C[C@@H](O[C@@H]6O[C@H](CO)[C@H](O[C@@H]7O[C@H](CO)[C@@H](O)[C@H](O[C@@H]8OC[C@@H](O)[C@H](O)[C@H]8O)[C@H]7O[C@@H]7O[C@H](CO)[C@@H](O)[C@H](O)[C@H]7O)[C@H](O)[C@H]6O)CC[C@]5(C)[C@H]4CC(=O)[C@]23C)O[C@]12CC[C@@H](C)CO2. The Hall–Kier alpha value is -1.21. The summed E-state index contributed by atoms with van der Waals surface area (Å²) >= 11 is 0. The Labute approximate surface area is 423 Å². The minimum absolute atomic E-state index is 0.0117. The van der Waals surface area contributed by atoms with Crippen LogP contribution in [0.2, 0.25) is 0 Å². The number of carbonyl (C=O) groups is 1. The van der Waals surface area contributed by atoms with Crippen LogP contribution >= 0.6 is 0 Å². The fourth-order valence-corrected chi connectivity index (χ4v) is 15.6. The minimum Gasteiger partial charge on any atom is -0.394 e. The number of aliphatic hydroxyl groups is 12. The van der Waals surface area contributed by atoms with Gasteiger partial charge in [-0.2, -0.15) is 0 Å². The molecule has 4 aliphatic carbocycles. The van der Waals surface area contributed by atoms with Crippen LogP contribution in [0, 0.1) is 52.3 Å². The second-order valence-electron chi connectivity index (χ2n) is 23.7. The van der Waals surface area contributed by atoms with Crippen molar-refractivity contribution in [2.75, 3.05) is 33.0 Å². The molecule has 73 heavy (non-hydrogen) atoms. The molecule has 418 valence electrons. The maximum atomic E-state index is 14.7. The van der Waals surface area contributed by atoms with Crippen molar-refractivity contribution >= 4 is 5.78 Å². The zero-order valence-electron chi connectivity index (χ0n) is 41.9. The van der Waals surface area contributed by atoms with Gasteiger partial charge in [0.1, 0.15) is 97.3 Å². The number of aliphatic hydroxyl groups excluding tert-OH is 12. The Morgan fingerprint density at radius 3 is 1.92 bits per heavy atom. The summed E-state index contributed by atoms with van der Waals surface area (Å²) in [6, 6.07) is 0. The molecule has 6 heterocycles. The van der Waals surface area contributed by atoms with Gasteiger partial charge in [-0.25, -0.2) is 0 Å². The first-order valence-electron chi connectivity index (χ1n) is 26.7. The highest BCUT2D eigenvalue weighted by Crippen LogP contribution is 2.70. The summed E-state index contributed by atoms with van der Waals surface area (Å²) in [6.45, 7) is 6.58. The molecule has 3 unspecified atom stereocenters. The van der Waals surface area contributed by atoms with E-state index >= 15 is 0 Å². The van der Waals surface area contributed by atoms with E-state index in [2.05, 4.69) is 27.7 Å². The first-order valence-corrected chi connectivity index (χ1v) is 26.7. The van der Waals surface area contributed by atoms with Crippen molar-refractivity contribution < 1.29 is 113 Å². The average molecular weight is 1050 g/mol. The fourth-order valence-electron chi connectivity index (χ4n) is 15.6. The van der Waals surface area contributed by atoms with Crippen LogP contribution in [0.15, 0.2) is 0 Å². The number of rotatable bonds is 11. The lowest BCUT2D eigenvalue weighted by atomic mass is 9.44. The van der Waals surface area contributed by atoms with Crippen LogP contribution in [-0.2, 0) is 52.2 Å². The van der Waals surface area contributed by atoms with E-state index in [-0.39, 0.29) is 41.1 Å². The topological polar surface area (TPSA) is 352 Å². The fraction of sp³-hybridized carbons (Fsp3) is 0.980. The number of carbonyl (C=O) groups excluding carboxylic acids is 1. The first kappa shape index (κ1) is 55.1. The van der Waals surface area contributed by atoms with E-state index in [1.54, 1.807) is 0 Å². The number of Topliss-reactive ketones (excluding diaryl/α,β-unsaturated/α-hetero) is 1. The molecule has 4 saturated carbocycles. The summed E-state index contributed by atoms with van der Waals surface area (Å²) in [6.07, 6.45) is -26.6. The number of fused-ring (bicyclic) bond motifs is 7. The van der Waals surface area contributed by atoms with Gasteiger partial charge < -0.3 is 109 Å². The minimum atomic E-state index is -2.01. The molecule has 10 aliphatic rings. The molecular weight excluding hydrogens is 969 g/mol. The van der Waals surface area contributed by atoms with Gasteiger partial charge >= 0.3 is 0 Å². The van der Waals surface area contributed by atoms with E-state index in [1.807, 2.05) is 0 Å². The smallest absolute Gasteiger partial charge is 0.187 e. The molecule has 0 amide bonds. The van der Waals surface area contributed by atoms with E-state index in [9.17, 15) is 66.1 Å². The number of ether oxygens (including phenoxy) is 10. The van der Waals surface area contributed by atoms with Crippen molar-refractivity contribution in [3.63, 3.8) is 0 Å². The van der Waals surface area contributed by atoms with Gasteiger partial charge in [0.05, 0.1) is 45.2 Å². The summed E-state index contributed by atoms with van der Waals surface area (Å²) < 4.78 is 61.1. The Morgan fingerprint density at radius 2 is 1.22 bits per heavy atom. The highest BCUT2D eigenvalue weighted by Gasteiger charge is 2.72. The van der Waals surface area contributed by atoms with E-state index in [0.29, 0.717) is 43.5 Å². The molecule has 23 nitrogen and oxygen atoms in total. The third-order valence-corrected chi connectivity index (χ3v) is 19.9. The standard InChI is InChI=1S/C50H80O23/c1-19-7-10-50(65-17-19)20(2)32-27(73-50)12-25-23-6-5-21-11-22(8-9-48(21,3)24(23)13-31(55)49(25,32)4)66-45-40(63)37(60)41(30(16-53)69-45)70-47-43(72-46-39(62)36(59)34(57)28(14-51)67-46)42(35(58)29(15-52)68-47)71-44-38(61)33(56)26(54)18-64-44/h19-30,32-47,51-54,56-63H,5-18H2,1-4H3/t19-,20?,21+,22+,23-,24+,25+,26-,27?,28-,29-,30-,32?,33+,34-,35-,36+,37-,38-,39-,40-,41+,42+,43-,44+,45-,46+,47+,48+,49-,50-/m1/s1. The monoisotopic (exact) mass is 1050 g/mol. The lowest BCUT2D eigenvalue weighted by Crippen LogP contribution is -2.68. The molecule has 31 atom stereocenters.